The summed E-state index contributed by atoms with van der Waals surface area (Å²) in [6, 6.07) is 4.11. The van der Waals surface area contributed by atoms with Gasteiger partial charge in [-0.3, -0.25) is 0 Å². The molecule has 0 saturated carbocycles. The van der Waals surface area contributed by atoms with Crippen molar-refractivity contribution in [2.75, 3.05) is 6.61 Å². The van der Waals surface area contributed by atoms with Crippen LogP contribution < -0.4 is 0 Å². The van der Waals surface area contributed by atoms with E-state index in [1.807, 2.05) is 10.7 Å². The van der Waals surface area contributed by atoms with E-state index in [-0.39, 0.29) is 6.61 Å². The van der Waals surface area contributed by atoms with Crippen LogP contribution in [0, 0.1) is 11.8 Å². The Balaban J connectivity index is 2.10. The molecule has 5 heteroatoms. The Morgan fingerprint density at radius 1 is 1.30 bits per heavy atom. The molecular weight excluding hydrogens is 270 g/mol. The molecule has 0 atom stereocenters. The average molecular weight is 289 g/mol. The third kappa shape index (κ3) is 3.69. The number of aliphatic hydroxyl groups is 1. The predicted molar refractivity (Wildman–Crippen MR) is 80.8 cm³/mol. The first-order valence-corrected chi connectivity index (χ1v) is 7.69. The van der Waals surface area contributed by atoms with E-state index < -0.39 is 0 Å². The van der Waals surface area contributed by atoms with Crippen LogP contribution in [0.25, 0.3) is 0 Å². The third-order valence-electron chi connectivity index (χ3n) is 2.84. The van der Waals surface area contributed by atoms with Crippen LogP contribution in [0.2, 0.25) is 0 Å². The number of rotatable bonds is 5. The van der Waals surface area contributed by atoms with Gasteiger partial charge in [0, 0.05) is 24.1 Å². The summed E-state index contributed by atoms with van der Waals surface area (Å²) >= 11 is 1.67. The summed E-state index contributed by atoms with van der Waals surface area (Å²) < 4.78 is 1.98. The number of aliphatic hydroxyl groups excluding tert-OH is 1. The van der Waals surface area contributed by atoms with E-state index in [2.05, 4.69) is 41.8 Å². The van der Waals surface area contributed by atoms with E-state index >= 15 is 0 Å². The highest BCUT2D eigenvalue weighted by molar-refractivity contribution is 7.12. The molecule has 0 bridgehead atoms. The number of aryl methyl sites for hydroxylation is 2. The van der Waals surface area contributed by atoms with Gasteiger partial charge in [-0.2, -0.15) is 5.10 Å². The van der Waals surface area contributed by atoms with Crippen LogP contribution in [0.1, 0.15) is 41.7 Å². The van der Waals surface area contributed by atoms with Crippen molar-refractivity contribution >= 4 is 11.3 Å². The second-order valence-electron chi connectivity index (χ2n) is 4.35. The molecule has 0 aliphatic heterocycles. The molecule has 2 aromatic rings. The minimum atomic E-state index is 0.115. The maximum Gasteiger partial charge on any atom is 0.150 e. The van der Waals surface area contributed by atoms with Gasteiger partial charge >= 0.3 is 0 Å². The molecule has 0 fully saturated rings. The molecule has 0 aliphatic carbocycles. The van der Waals surface area contributed by atoms with Crippen molar-refractivity contribution in [3.05, 3.63) is 33.5 Å². The molecule has 0 saturated heterocycles. The molecule has 0 unspecified atom stereocenters. The van der Waals surface area contributed by atoms with E-state index in [1.165, 1.54) is 4.88 Å². The van der Waals surface area contributed by atoms with Crippen molar-refractivity contribution in [1.82, 2.24) is 14.8 Å². The molecular formula is C15H19N3OS. The molecule has 2 rings (SSSR count). The number of hydrogen-bond donors (Lipinski definition) is 1. The lowest BCUT2D eigenvalue weighted by Gasteiger charge is -2.01. The Labute approximate surface area is 123 Å². The smallest absolute Gasteiger partial charge is 0.150 e. The molecule has 20 heavy (non-hydrogen) atoms. The Morgan fingerprint density at radius 2 is 2.15 bits per heavy atom. The fourth-order valence-electron chi connectivity index (χ4n) is 1.85. The molecule has 0 aromatic carbocycles. The van der Waals surface area contributed by atoms with Crippen LogP contribution in [-0.2, 0) is 19.4 Å². The highest BCUT2D eigenvalue weighted by Gasteiger charge is 2.08. The van der Waals surface area contributed by atoms with Gasteiger partial charge in [-0.25, -0.2) is 9.67 Å². The van der Waals surface area contributed by atoms with Crippen LogP contribution in [0.15, 0.2) is 12.1 Å². The number of hydrogen-bond acceptors (Lipinski definition) is 4. The monoisotopic (exact) mass is 289 g/mol. The minimum Gasteiger partial charge on any atom is -0.395 e. The lowest BCUT2D eigenvalue weighted by molar-refractivity contribution is 0.305. The highest BCUT2D eigenvalue weighted by Crippen LogP contribution is 2.17. The van der Waals surface area contributed by atoms with Gasteiger partial charge in [0.25, 0.3) is 0 Å². The SMILES string of the molecule is CCc1nc(CC)n(Cc2ccc(C#CCCO)s2)n1. The normalized spacial score (nSPS) is 10.3. The Morgan fingerprint density at radius 3 is 2.85 bits per heavy atom. The number of aromatic nitrogens is 3. The van der Waals surface area contributed by atoms with E-state index in [0.29, 0.717) is 6.42 Å². The number of thiophene rings is 1. The topological polar surface area (TPSA) is 50.9 Å². The summed E-state index contributed by atoms with van der Waals surface area (Å²) in [5.41, 5.74) is 0. The van der Waals surface area contributed by atoms with E-state index in [4.69, 9.17) is 5.11 Å². The first kappa shape index (κ1) is 14.8. The maximum absolute atomic E-state index is 8.71. The van der Waals surface area contributed by atoms with Crippen molar-refractivity contribution in [3.63, 3.8) is 0 Å². The zero-order valence-corrected chi connectivity index (χ0v) is 12.7. The van der Waals surface area contributed by atoms with Crippen LogP contribution in [0.3, 0.4) is 0 Å². The maximum atomic E-state index is 8.71. The lowest BCUT2D eigenvalue weighted by atomic mass is 10.4. The van der Waals surface area contributed by atoms with Gasteiger partial charge in [0.15, 0.2) is 5.82 Å². The standard InChI is InChI=1S/C15H19N3OS/c1-3-14-16-15(4-2)18(17-14)11-13-9-8-12(20-13)7-5-6-10-19/h8-9,19H,3-4,6,10-11H2,1-2H3. The zero-order chi connectivity index (χ0) is 14.4. The quantitative estimate of drug-likeness (QED) is 0.859. The van der Waals surface area contributed by atoms with Gasteiger partial charge in [-0.05, 0) is 12.1 Å². The summed E-state index contributed by atoms with van der Waals surface area (Å²) in [5.74, 6) is 7.93. The summed E-state index contributed by atoms with van der Waals surface area (Å²) in [7, 11) is 0. The molecule has 0 spiro atoms. The van der Waals surface area contributed by atoms with E-state index in [0.717, 1.165) is 35.9 Å². The second kappa shape index (κ2) is 7.22. The summed E-state index contributed by atoms with van der Waals surface area (Å²) in [6.45, 7) is 5.03. The first-order chi connectivity index (χ1) is 9.76. The second-order valence-corrected chi connectivity index (χ2v) is 5.52. The first-order valence-electron chi connectivity index (χ1n) is 6.87. The van der Waals surface area contributed by atoms with Crippen molar-refractivity contribution in [2.45, 2.75) is 39.7 Å². The fourth-order valence-corrected chi connectivity index (χ4v) is 2.71. The highest BCUT2D eigenvalue weighted by atomic mass is 32.1. The Bertz CT molecular complexity index is 619. The minimum absolute atomic E-state index is 0.115. The molecule has 106 valence electrons. The molecule has 0 amide bonds. The zero-order valence-electron chi connectivity index (χ0n) is 11.9. The van der Waals surface area contributed by atoms with Crippen LogP contribution in [-0.4, -0.2) is 26.5 Å². The summed E-state index contributed by atoms with van der Waals surface area (Å²) in [6.07, 6.45) is 2.28. The molecule has 2 aromatic heterocycles. The summed E-state index contributed by atoms with van der Waals surface area (Å²) in [5, 5.41) is 13.2. The van der Waals surface area contributed by atoms with Crippen LogP contribution in [0.4, 0.5) is 0 Å². The van der Waals surface area contributed by atoms with Gasteiger partial charge < -0.3 is 5.11 Å². The number of nitrogens with zero attached hydrogens (tertiary/aromatic N) is 3. The van der Waals surface area contributed by atoms with Crippen molar-refractivity contribution in [3.8, 4) is 11.8 Å². The average Bonchev–Trinajstić information content (AvgIpc) is 3.06. The third-order valence-corrected chi connectivity index (χ3v) is 3.83. The van der Waals surface area contributed by atoms with Crippen molar-refractivity contribution in [2.24, 2.45) is 0 Å². The lowest BCUT2D eigenvalue weighted by Crippen LogP contribution is -2.05. The molecule has 1 N–H and O–H groups in total. The van der Waals surface area contributed by atoms with Gasteiger partial charge in [0.05, 0.1) is 18.0 Å². The van der Waals surface area contributed by atoms with Gasteiger partial charge in [-0.1, -0.05) is 25.7 Å². The molecule has 0 radical (unpaired) electrons. The van der Waals surface area contributed by atoms with Crippen molar-refractivity contribution < 1.29 is 5.11 Å². The fraction of sp³-hybridized carbons (Fsp3) is 0.467. The van der Waals surface area contributed by atoms with E-state index in [1.54, 1.807) is 11.3 Å². The van der Waals surface area contributed by atoms with Crippen LogP contribution >= 0.6 is 11.3 Å². The molecule has 2 heterocycles. The predicted octanol–water partition coefficient (Wildman–Crippen LogP) is 2.25. The van der Waals surface area contributed by atoms with Crippen LogP contribution in [0.5, 0.6) is 0 Å². The van der Waals surface area contributed by atoms with Gasteiger partial charge in [-0.15, -0.1) is 11.3 Å². The summed E-state index contributed by atoms with van der Waals surface area (Å²) in [4.78, 5) is 6.76. The molecule has 4 nitrogen and oxygen atoms in total. The van der Waals surface area contributed by atoms with Gasteiger partial charge in [0.2, 0.25) is 0 Å². The Hall–Kier alpha value is -1.64. The van der Waals surface area contributed by atoms with Crippen molar-refractivity contribution in [1.29, 1.82) is 0 Å². The molecule has 0 aliphatic rings. The van der Waals surface area contributed by atoms with Gasteiger partial charge in [0.1, 0.15) is 5.82 Å². The Kier molecular flexibility index (Phi) is 5.33. The van der Waals surface area contributed by atoms with E-state index in [9.17, 15) is 0 Å². The largest absolute Gasteiger partial charge is 0.395 e.